The van der Waals surface area contributed by atoms with Crippen LogP contribution in [0.3, 0.4) is 0 Å². The normalized spacial score (nSPS) is 11.4. The maximum atomic E-state index is 4.08. The summed E-state index contributed by atoms with van der Waals surface area (Å²) in [4.78, 5) is 0. The zero-order chi connectivity index (χ0) is 22.6. The van der Waals surface area contributed by atoms with E-state index in [9.17, 15) is 0 Å². The summed E-state index contributed by atoms with van der Waals surface area (Å²) in [5.41, 5.74) is 6.75. The summed E-state index contributed by atoms with van der Waals surface area (Å²) in [5.74, 6) is 0. The van der Waals surface area contributed by atoms with Crippen molar-refractivity contribution in [1.29, 1.82) is 0 Å². The molecule has 1 radical (unpaired) electrons. The van der Waals surface area contributed by atoms with Crippen LogP contribution in [-0.4, -0.2) is 0 Å². The first-order chi connectivity index (χ1) is 15.3. The van der Waals surface area contributed by atoms with Crippen LogP contribution in [0.4, 0.5) is 0 Å². The molecule has 0 saturated carbocycles. The number of unbranched alkanes of at least 4 members (excludes halogenated alkanes) is 13. The lowest BCUT2D eigenvalue weighted by Gasteiger charge is -2.18. The van der Waals surface area contributed by atoms with Crippen LogP contribution in [-0.2, 0) is 25.7 Å². The molecule has 0 N–H and O–H groups in total. The summed E-state index contributed by atoms with van der Waals surface area (Å²) in [7, 11) is 0. The Morgan fingerprint density at radius 1 is 0.484 bits per heavy atom. The van der Waals surface area contributed by atoms with Crippen LogP contribution < -0.4 is 0 Å². The van der Waals surface area contributed by atoms with Crippen LogP contribution in [0.25, 0.3) is 0 Å². The van der Waals surface area contributed by atoms with E-state index in [0.29, 0.717) is 0 Å². The molecule has 0 bridgehead atoms. The van der Waals surface area contributed by atoms with Crippen molar-refractivity contribution in [2.75, 3.05) is 0 Å². The van der Waals surface area contributed by atoms with Gasteiger partial charge in [0, 0.05) is 0 Å². The molecule has 0 fully saturated rings. The Balaban J connectivity index is 2.91. The largest absolute Gasteiger partial charge is 0.0654 e. The molecule has 0 atom stereocenters. The Morgan fingerprint density at radius 2 is 0.903 bits per heavy atom. The van der Waals surface area contributed by atoms with Gasteiger partial charge in [0.1, 0.15) is 0 Å². The van der Waals surface area contributed by atoms with Crippen LogP contribution in [0.5, 0.6) is 0 Å². The summed E-state index contributed by atoms with van der Waals surface area (Å²) >= 11 is 0. The van der Waals surface area contributed by atoms with E-state index >= 15 is 0 Å². The van der Waals surface area contributed by atoms with E-state index in [2.05, 4.69) is 39.8 Å². The monoisotopic (exact) mass is 427 g/mol. The van der Waals surface area contributed by atoms with Crippen molar-refractivity contribution in [2.45, 2.75) is 156 Å². The van der Waals surface area contributed by atoms with E-state index in [1.165, 1.54) is 128 Å². The highest BCUT2D eigenvalue weighted by Gasteiger charge is 2.12. The Hall–Kier alpha value is -0.780. The fourth-order valence-corrected chi connectivity index (χ4v) is 4.85. The molecule has 0 amide bonds. The summed E-state index contributed by atoms with van der Waals surface area (Å²) in [6.45, 7) is 11.0. The average Bonchev–Trinajstić information content (AvgIpc) is 2.78. The molecule has 0 aliphatic carbocycles. The Morgan fingerprint density at radius 3 is 1.32 bits per heavy atom. The summed E-state index contributed by atoms with van der Waals surface area (Å²) in [6, 6.07) is 5.19. The van der Waals surface area contributed by atoms with E-state index in [-0.39, 0.29) is 0 Å². The lowest BCUT2D eigenvalue weighted by molar-refractivity contribution is 0.612. The second kappa shape index (κ2) is 19.9. The first kappa shape index (κ1) is 28.3. The smallest absolute Gasteiger partial charge is 0.0273 e. The second-order valence-corrected chi connectivity index (χ2v) is 9.84. The van der Waals surface area contributed by atoms with Gasteiger partial charge in [0.05, 0.1) is 0 Å². The molecule has 0 aromatic heterocycles. The van der Waals surface area contributed by atoms with Crippen LogP contribution in [0.15, 0.2) is 12.1 Å². The minimum Gasteiger partial charge on any atom is -0.0654 e. The summed E-state index contributed by atoms with van der Waals surface area (Å²) in [5, 5.41) is 0. The number of benzene rings is 1. The van der Waals surface area contributed by atoms with Gasteiger partial charge in [-0.2, -0.15) is 0 Å². The van der Waals surface area contributed by atoms with E-state index in [4.69, 9.17) is 0 Å². The fraction of sp³-hybridized carbons (Fsp3) is 0.774. The van der Waals surface area contributed by atoms with Gasteiger partial charge in [0.15, 0.2) is 0 Å². The van der Waals surface area contributed by atoms with Crippen LogP contribution >= 0.6 is 0 Å². The first-order valence-corrected chi connectivity index (χ1v) is 14.2. The maximum absolute atomic E-state index is 4.08. The molecule has 1 aromatic rings. The second-order valence-electron chi connectivity index (χ2n) is 9.84. The zero-order valence-corrected chi connectivity index (χ0v) is 21.7. The van der Waals surface area contributed by atoms with Crippen molar-refractivity contribution in [3.05, 3.63) is 41.3 Å². The molecular formula is C31H55. The molecule has 31 heavy (non-hydrogen) atoms. The van der Waals surface area contributed by atoms with Crippen molar-refractivity contribution in [3.8, 4) is 0 Å². The maximum Gasteiger partial charge on any atom is -0.0273 e. The standard InChI is InChI=1S/C31H55/c1-5-9-13-16-19-23-29-26-28(22-12-8-4)27-30(24-20-17-14-10-6-2)31(29)25-21-18-15-11-7-3/h26-27H,4-25H2,1-3H3. The van der Waals surface area contributed by atoms with Crippen LogP contribution in [0, 0.1) is 6.92 Å². The van der Waals surface area contributed by atoms with Gasteiger partial charge in [-0.1, -0.05) is 123 Å². The van der Waals surface area contributed by atoms with Gasteiger partial charge in [-0.3, -0.25) is 0 Å². The van der Waals surface area contributed by atoms with Crippen molar-refractivity contribution in [2.24, 2.45) is 0 Å². The van der Waals surface area contributed by atoms with Gasteiger partial charge in [-0.15, -0.1) is 0 Å². The highest BCUT2D eigenvalue weighted by molar-refractivity contribution is 5.40. The third kappa shape index (κ3) is 13.4. The Bertz CT molecular complexity index is 492. The van der Waals surface area contributed by atoms with Gasteiger partial charge < -0.3 is 0 Å². The fourth-order valence-electron chi connectivity index (χ4n) is 4.85. The minimum absolute atomic E-state index is 1.05. The van der Waals surface area contributed by atoms with Gasteiger partial charge in [0.2, 0.25) is 0 Å². The van der Waals surface area contributed by atoms with E-state index in [1.54, 1.807) is 22.3 Å². The molecule has 0 heteroatoms. The topological polar surface area (TPSA) is 0 Å². The molecule has 1 aromatic carbocycles. The number of aryl methyl sites for hydroxylation is 3. The third-order valence-corrected chi connectivity index (χ3v) is 6.84. The molecular weight excluding hydrogens is 372 g/mol. The van der Waals surface area contributed by atoms with Crippen LogP contribution in [0.2, 0.25) is 0 Å². The predicted molar refractivity (Wildman–Crippen MR) is 142 cm³/mol. The Labute approximate surface area is 197 Å². The van der Waals surface area contributed by atoms with Crippen molar-refractivity contribution < 1.29 is 0 Å². The highest BCUT2D eigenvalue weighted by atomic mass is 14.2. The molecule has 0 aliphatic heterocycles. The van der Waals surface area contributed by atoms with Gasteiger partial charge >= 0.3 is 0 Å². The molecule has 0 spiro atoms. The van der Waals surface area contributed by atoms with Crippen molar-refractivity contribution in [1.82, 2.24) is 0 Å². The molecule has 0 aliphatic rings. The zero-order valence-electron chi connectivity index (χ0n) is 21.7. The van der Waals surface area contributed by atoms with Gasteiger partial charge in [0.25, 0.3) is 0 Å². The van der Waals surface area contributed by atoms with Crippen molar-refractivity contribution in [3.63, 3.8) is 0 Å². The van der Waals surface area contributed by atoms with E-state index in [1.807, 2.05) is 0 Å². The molecule has 0 saturated heterocycles. The van der Waals surface area contributed by atoms with Crippen LogP contribution in [0.1, 0.15) is 152 Å². The van der Waals surface area contributed by atoms with Gasteiger partial charge in [-0.25, -0.2) is 0 Å². The lowest BCUT2D eigenvalue weighted by atomic mass is 9.87. The Kier molecular flexibility index (Phi) is 18.1. The third-order valence-electron chi connectivity index (χ3n) is 6.84. The van der Waals surface area contributed by atoms with E-state index in [0.717, 1.165) is 6.42 Å². The quantitative estimate of drug-likeness (QED) is 0.171. The molecule has 1 rings (SSSR count). The number of hydrogen-bond donors (Lipinski definition) is 0. The molecule has 0 unspecified atom stereocenters. The average molecular weight is 428 g/mol. The molecule has 179 valence electrons. The molecule has 0 nitrogen and oxygen atoms in total. The minimum atomic E-state index is 1.05. The molecule has 0 heterocycles. The summed E-state index contributed by atoms with van der Waals surface area (Å²) in [6.07, 6.45) is 28.2. The van der Waals surface area contributed by atoms with E-state index < -0.39 is 0 Å². The highest BCUT2D eigenvalue weighted by Crippen LogP contribution is 2.26. The first-order valence-electron chi connectivity index (χ1n) is 14.2. The summed E-state index contributed by atoms with van der Waals surface area (Å²) < 4.78 is 0. The van der Waals surface area contributed by atoms with Gasteiger partial charge in [-0.05, 0) is 73.6 Å². The number of hydrogen-bond acceptors (Lipinski definition) is 0. The lowest BCUT2D eigenvalue weighted by Crippen LogP contribution is -2.05. The van der Waals surface area contributed by atoms with Crippen molar-refractivity contribution >= 4 is 0 Å². The SMILES string of the molecule is [CH2]CCCc1cc(CCCCCCC)c(CCCCCCC)c(CCCCCCC)c1. The predicted octanol–water partition coefficient (Wildman–Crippen LogP) is 10.4. The number of rotatable bonds is 21.